The number of aliphatic hydroxyl groups is 1. The third kappa shape index (κ3) is 71.5. The van der Waals surface area contributed by atoms with Crippen molar-refractivity contribution in [1.82, 2.24) is 0 Å². The number of rotatable bonds is 78. The fourth-order valence-corrected chi connectivity index (χ4v) is 13.8. The molecule has 4 unspecified atom stereocenters. The molecule has 0 heterocycles. The fraction of sp³-hybridized carbons (Fsp3) is 0.950. The third-order valence-corrected chi connectivity index (χ3v) is 21.3. The van der Waals surface area contributed by atoms with E-state index in [2.05, 4.69) is 48.5 Å². The summed E-state index contributed by atoms with van der Waals surface area (Å²) < 4.78 is 68.7. The number of hydrogen-bond donors (Lipinski definition) is 3. The first kappa shape index (κ1) is 97.1. The van der Waals surface area contributed by atoms with Crippen LogP contribution in [0.4, 0.5) is 0 Å². The van der Waals surface area contributed by atoms with Gasteiger partial charge in [0.25, 0.3) is 0 Å². The number of ether oxygens (including phenoxy) is 4. The van der Waals surface area contributed by atoms with Gasteiger partial charge in [-0.05, 0) is 43.4 Å². The molecule has 0 aromatic rings. The van der Waals surface area contributed by atoms with Crippen molar-refractivity contribution in [2.45, 2.75) is 433 Å². The highest BCUT2D eigenvalue weighted by Gasteiger charge is 2.30. The lowest BCUT2D eigenvalue weighted by molar-refractivity contribution is -0.161. The van der Waals surface area contributed by atoms with E-state index in [-0.39, 0.29) is 25.7 Å². The molecular weight excluding hydrogens is 1290 g/mol. The van der Waals surface area contributed by atoms with Crippen molar-refractivity contribution in [3.63, 3.8) is 0 Å². The van der Waals surface area contributed by atoms with E-state index < -0.39 is 97.5 Å². The SMILES string of the molecule is CCCCCCCCCCCCCCCCCCCCC(=O)OC[C@H](COP(=O)(O)OC[C@@H](O)COP(=O)(O)OC[C@@H](COC(=O)CCCCCCCCC(C)CC)OC(=O)CCCCCCCCCCC(C)CC)OC(=O)CCCCCCCCCCCCCCCCCCC(C)C. The smallest absolute Gasteiger partial charge is 0.462 e. The second kappa shape index (κ2) is 70.4. The third-order valence-electron chi connectivity index (χ3n) is 19.4. The summed E-state index contributed by atoms with van der Waals surface area (Å²) in [6, 6.07) is 0. The number of esters is 4. The fourth-order valence-electron chi connectivity index (χ4n) is 12.2. The summed E-state index contributed by atoms with van der Waals surface area (Å²) in [4.78, 5) is 73.0. The van der Waals surface area contributed by atoms with Crippen molar-refractivity contribution < 1.29 is 80.2 Å². The van der Waals surface area contributed by atoms with Gasteiger partial charge in [-0.2, -0.15) is 0 Å². The molecule has 3 N–H and O–H groups in total. The zero-order chi connectivity index (χ0) is 73.0. The van der Waals surface area contributed by atoms with Crippen LogP contribution in [0.1, 0.15) is 414 Å². The molecule has 99 heavy (non-hydrogen) atoms. The summed E-state index contributed by atoms with van der Waals surface area (Å²) in [5, 5.41) is 10.6. The Kier molecular flexibility index (Phi) is 69.0. The minimum Gasteiger partial charge on any atom is -0.462 e. The summed E-state index contributed by atoms with van der Waals surface area (Å²) in [5.41, 5.74) is 0. The Balaban J connectivity index is 5.24. The predicted molar refractivity (Wildman–Crippen MR) is 405 cm³/mol. The molecule has 0 rings (SSSR count). The molecule has 0 aromatic carbocycles. The van der Waals surface area contributed by atoms with Crippen LogP contribution in [0, 0.1) is 17.8 Å². The Bertz CT molecular complexity index is 1930. The highest BCUT2D eigenvalue weighted by atomic mass is 31.2. The molecule has 0 fully saturated rings. The molecule has 0 radical (unpaired) electrons. The Morgan fingerprint density at radius 2 is 0.515 bits per heavy atom. The van der Waals surface area contributed by atoms with E-state index in [9.17, 15) is 43.2 Å². The zero-order valence-electron chi connectivity index (χ0n) is 65.0. The predicted octanol–water partition coefficient (Wildman–Crippen LogP) is 23.7. The van der Waals surface area contributed by atoms with Crippen LogP contribution in [0.25, 0.3) is 0 Å². The first-order valence-corrected chi connectivity index (χ1v) is 44.4. The van der Waals surface area contributed by atoms with E-state index in [4.69, 9.17) is 37.0 Å². The molecule has 0 aromatic heterocycles. The standard InChI is InChI=1S/C80H156O17P2/c1-8-11-12-13-14-15-16-17-18-19-20-24-27-30-33-39-47-54-61-77(82)90-67-75(96-79(84)63-56-49-40-34-31-28-25-22-21-23-26-29-32-37-44-51-58-71(4)5)69-94-98(86,87)92-65-74(81)66-93-99(88,89)95-70-76(68-91-78(83)62-55-48-43-42-46-53-60-73(7)10-3)97-80(85)64-57-50-41-36-35-38-45-52-59-72(6)9-2/h71-76,81H,8-70H2,1-7H3,(H,86,87)(H,88,89)/t72?,73?,74-,75-,76-/m1/s1. The highest BCUT2D eigenvalue weighted by molar-refractivity contribution is 7.47. The van der Waals surface area contributed by atoms with Crippen LogP contribution in [-0.4, -0.2) is 96.7 Å². The zero-order valence-corrected chi connectivity index (χ0v) is 66.8. The van der Waals surface area contributed by atoms with Gasteiger partial charge >= 0.3 is 39.5 Å². The van der Waals surface area contributed by atoms with Crippen molar-refractivity contribution in [1.29, 1.82) is 0 Å². The second-order valence-corrected chi connectivity index (χ2v) is 32.7. The van der Waals surface area contributed by atoms with Gasteiger partial charge in [0.05, 0.1) is 26.4 Å². The molecule has 0 bridgehead atoms. The molecule has 0 amide bonds. The van der Waals surface area contributed by atoms with Gasteiger partial charge in [0.2, 0.25) is 0 Å². The Labute approximate surface area is 607 Å². The normalized spacial score (nSPS) is 14.5. The van der Waals surface area contributed by atoms with Gasteiger partial charge in [0.1, 0.15) is 19.3 Å². The lowest BCUT2D eigenvalue weighted by atomic mass is 9.99. The van der Waals surface area contributed by atoms with E-state index >= 15 is 0 Å². The Hall–Kier alpha value is -1.94. The van der Waals surface area contributed by atoms with Crippen LogP contribution < -0.4 is 0 Å². The maximum Gasteiger partial charge on any atom is 0.472 e. The van der Waals surface area contributed by atoms with Crippen LogP contribution in [-0.2, 0) is 65.4 Å². The number of aliphatic hydroxyl groups excluding tert-OH is 1. The molecule has 0 saturated carbocycles. The van der Waals surface area contributed by atoms with Gasteiger partial charge in [0, 0.05) is 25.7 Å². The van der Waals surface area contributed by atoms with Gasteiger partial charge in [-0.3, -0.25) is 37.3 Å². The Morgan fingerprint density at radius 1 is 0.293 bits per heavy atom. The van der Waals surface area contributed by atoms with Gasteiger partial charge < -0.3 is 33.8 Å². The van der Waals surface area contributed by atoms with Crippen molar-refractivity contribution in [3.05, 3.63) is 0 Å². The number of phosphoric ester groups is 2. The molecule has 0 aliphatic rings. The van der Waals surface area contributed by atoms with Crippen LogP contribution in [0.2, 0.25) is 0 Å². The number of unbranched alkanes of at least 4 members (excludes halogenated alkanes) is 44. The molecule has 19 heteroatoms. The van der Waals surface area contributed by atoms with E-state index in [1.54, 1.807) is 0 Å². The van der Waals surface area contributed by atoms with Crippen molar-refractivity contribution in [2.24, 2.45) is 17.8 Å². The summed E-state index contributed by atoms with van der Waals surface area (Å²) in [5.74, 6) is 0.194. The van der Waals surface area contributed by atoms with Gasteiger partial charge in [-0.25, -0.2) is 9.13 Å². The first-order valence-electron chi connectivity index (χ1n) is 41.4. The maximum atomic E-state index is 13.1. The number of carbonyl (C=O) groups excluding carboxylic acids is 4. The monoisotopic (exact) mass is 1450 g/mol. The summed E-state index contributed by atoms with van der Waals surface area (Å²) in [6.07, 6.45) is 58.3. The quantitative estimate of drug-likeness (QED) is 0.0222. The molecule has 0 aliphatic carbocycles. The van der Waals surface area contributed by atoms with Crippen LogP contribution in [0.5, 0.6) is 0 Å². The molecule has 7 atom stereocenters. The van der Waals surface area contributed by atoms with Crippen LogP contribution >= 0.6 is 15.6 Å². The molecular formula is C80H156O17P2. The average Bonchev–Trinajstić information content (AvgIpc) is 1.02. The van der Waals surface area contributed by atoms with E-state index in [0.29, 0.717) is 25.7 Å². The molecule has 0 saturated heterocycles. The number of carbonyl (C=O) groups is 4. The highest BCUT2D eigenvalue weighted by Crippen LogP contribution is 2.45. The lowest BCUT2D eigenvalue weighted by Gasteiger charge is -2.21. The van der Waals surface area contributed by atoms with Crippen LogP contribution in [0.15, 0.2) is 0 Å². The van der Waals surface area contributed by atoms with Crippen molar-refractivity contribution in [3.8, 4) is 0 Å². The van der Waals surface area contributed by atoms with E-state index in [0.717, 1.165) is 114 Å². The van der Waals surface area contributed by atoms with Gasteiger partial charge in [-0.1, -0.05) is 363 Å². The van der Waals surface area contributed by atoms with Gasteiger partial charge in [0.15, 0.2) is 12.2 Å². The minimum atomic E-state index is -4.96. The average molecular weight is 1450 g/mol. The minimum absolute atomic E-state index is 0.104. The number of hydrogen-bond acceptors (Lipinski definition) is 15. The van der Waals surface area contributed by atoms with Crippen LogP contribution in [0.3, 0.4) is 0 Å². The largest absolute Gasteiger partial charge is 0.472 e. The topological polar surface area (TPSA) is 237 Å². The van der Waals surface area contributed by atoms with Gasteiger partial charge in [-0.15, -0.1) is 0 Å². The maximum absolute atomic E-state index is 13.1. The lowest BCUT2D eigenvalue weighted by Crippen LogP contribution is -2.30. The molecule has 0 spiro atoms. The summed E-state index contributed by atoms with van der Waals surface area (Å²) in [6.45, 7) is 11.9. The Morgan fingerprint density at radius 3 is 0.768 bits per heavy atom. The number of phosphoric acid groups is 2. The van der Waals surface area contributed by atoms with Crippen molar-refractivity contribution >= 4 is 39.5 Å². The first-order chi connectivity index (χ1) is 47.8. The van der Waals surface area contributed by atoms with E-state index in [1.165, 1.54) is 218 Å². The second-order valence-electron chi connectivity index (χ2n) is 29.8. The van der Waals surface area contributed by atoms with E-state index in [1.807, 2.05) is 0 Å². The molecule has 588 valence electrons. The molecule has 0 aliphatic heterocycles. The van der Waals surface area contributed by atoms with Crippen molar-refractivity contribution in [2.75, 3.05) is 39.6 Å². The molecule has 17 nitrogen and oxygen atoms in total. The summed E-state index contributed by atoms with van der Waals surface area (Å²) in [7, 11) is -9.92. The summed E-state index contributed by atoms with van der Waals surface area (Å²) >= 11 is 0.